The molecule has 26 nitrogen and oxygen atoms in total. The first-order valence-electron chi connectivity index (χ1n) is 18.8. The van der Waals surface area contributed by atoms with Crippen LogP contribution in [0.3, 0.4) is 0 Å². The summed E-state index contributed by atoms with van der Waals surface area (Å²) in [6, 6.07) is -9.56. The standard InChI is InChI=1S/C34H58N16O10/c1-15(2)26(50-31(58)21(7-9-24(37)52)48-29(56)18(35)12-25(38)53)33(60)45-16(3)28(55)47-20(5-4-10-43-34(40)41)30(57)49-22(11-17-13-42-14-44-17)32(59)46-19(27(39)54)6-8-23(36)51/h13-16,18-22,26H,4-12,35H2,1-3H3,(H2,36,51)(H2,37,52)(H2,38,53)(H2,39,54)(H,42,44)(H,45,60)(H,46,59)(H,47,55)(H,48,56)(H,49,57)(H,50,58)(H4,40,41,43)/t16-,18-,19-,20-,21-,22-,26-/m0/s1. The molecular weight excluding hydrogens is 792 g/mol. The number of nitrogens with two attached hydrogens (primary N) is 7. The highest BCUT2D eigenvalue weighted by Gasteiger charge is 2.34. The predicted octanol–water partition coefficient (Wildman–Crippen LogP) is -7.19. The van der Waals surface area contributed by atoms with Crippen molar-refractivity contribution in [1.82, 2.24) is 41.9 Å². The average Bonchev–Trinajstić information content (AvgIpc) is 3.66. The van der Waals surface area contributed by atoms with Crippen molar-refractivity contribution in [3.63, 3.8) is 0 Å². The monoisotopic (exact) mass is 850 g/mol. The average molecular weight is 851 g/mol. The molecule has 1 aromatic rings. The first-order chi connectivity index (χ1) is 28.0. The number of imidazole rings is 1. The SMILES string of the molecule is CC(C)[C@H](NC(=O)[C@H](CCC(N)=O)NC(=O)[C@@H](N)CC(N)=O)C(=O)N[C@@H](C)C(=O)N[C@@H](CCCN=C(N)N)C(=O)N[C@@H](Cc1cnc[nH]1)C(=O)N[C@@H](CCC(N)=O)C(N)=O. The zero-order valence-corrected chi connectivity index (χ0v) is 33.7. The van der Waals surface area contributed by atoms with Crippen LogP contribution in [0.4, 0.5) is 0 Å². The Morgan fingerprint density at radius 1 is 0.633 bits per heavy atom. The van der Waals surface area contributed by atoms with E-state index in [0.717, 1.165) is 0 Å². The summed E-state index contributed by atoms with van der Waals surface area (Å²) in [4.78, 5) is 137. The Morgan fingerprint density at radius 2 is 1.15 bits per heavy atom. The number of nitrogens with one attached hydrogen (secondary N) is 7. The lowest BCUT2D eigenvalue weighted by Crippen LogP contribution is -2.60. The van der Waals surface area contributed by atoms with E-state index in [9.17, 15) is 47.9 Å². The summed E-state index contributed by atoms with van der Waals surface area (Å²) in [5.74, 6) is -9.53. The van der Waals surface area contributed by atoms with Gasteiger partial charge in [-0.3, -0.25) is 52.9 Å². The molecule has 334 valence electrons. The number of guanidine groups is 1. The number of aromatic nitrogens is 2. The van der Waals surface area contributed by atoms with E-state index in [1.54, 1.807) is 13.8 Å². The second-order valence-electron chi connectivity index (χ2n) is 14.1. The number of aliphatic imine (C=N–C) groups is 1. The molecular formula is C34H58N16O10. The van der Waals surface area contributed by atoms with Crippen LogP contribution < -0.4 is 72.0 Å². The summed E-state index contributed by atoms with van der Waals surface area (Å²) < 4.78 is 0. The second kappa shape index (κ2) is 25.5. The number of carbonyl (C=O) groups is 10. The molecule has 0 aliphatic carbocycles. The van der Waals surface area contributed by atoms with Crippen LogP contribution in [-0.4, -0.2) is 124 Å². The number of H-pyrrole nitrogens is 1. The number of nitrogens with zero attached hydrogens (tertiary/aromatic N) is 2. The Balaban J connectivity index is 3.26. The Labute approximate surface area is 344 Å². The minimum absolute atomic E-state index is 0.0419. The van der Waals surface area contributed by atoms with Gasteiger partial charge in [-0.2, -0.15) is 0 Å². The molecule has 0 aliphatic heterocycles. The van der Waals surface area contributed by atoms with Crippen molar-refractivity contribution in [3.8, 4) is 0 Å². The van der Waals surface area contributed by atoms with E-state index in [2.05, 4.69) is 46.9 Å². The summed E-state index contributed by atoms with van der Waals surface area (Å²) in [5, 5.41) is 14.7. The van der Waals surface area contributed by atoms with Gasteiger partial charge in [-0.1, -0.05) is 13.8 Å². The Morgan fingerprint density at radius 3 is 1.67 bits per heavy atom. The van der Waals surface area contributed by atoms with E-state index in [0.29, 0.717) is 5.69 Å². The third-order valence-electron chi connectivity index (χ3n) is 8.60. The molecule has 1 heterocycles. The van der Waals surface area contributed by atoms with E-state index in [1.807, 2.05) is 0 Å². The topological polar surface area (TPSA) is 466 Å². The van der Waals surface area contributed by atoms with Gasteiger partial charge in [0.05, 0.1) is 18.8 Å². The van der Waals surface area contributed by atoms with Gasteiger partial charge in [-0.05, 0) is 38.5 Å². The van der Waals surface area contributed by atoms with Crippen molar-refractivity contribution in [1.29, 1.82) is 0 Å². The maximum absolute atomic E-state index is 13.8. The first-order valence-corrected chi connectivity index (χ1v) is 18.8. The van der Waals surface area contributed by atoms with E-state index in [-0.39, 0.29) is 57.5 Å². The van der Waals surface area contributed by atoms with Crippen LogP contribution in [0, 0.1) is 5.92 Å². The fraction of sp³-hybridized carbons (Fsp3) is 0.588. The third kappa shape index (κ3) is 19.5. The molecule has 0 saturated heterocycles. The van der Waals surface area contributed by atoms with Crippen molar-refractivity contribution in [2.24, 2.45) is 51.0 Å². The summed E-state index contributed by atoms with van der Waals surface area (Å²) in [7, 11) is 0. The maximum atomic E-state index is 13.8. The molecule has 1 aromatic heterocycles. The highest BCUT2D eigenvalue weighted by atomic mass is 16.2. The molecule has 0 radical (unpaired) electrons. The third-order valence-corrected chi connectivity index (χ3v) is 8.60. The van der Waals surface area contributed by atoms with Gasteiger partial charge >= 0.3 is 0 Å². The van der Waals surface area contributed by atoms with E-state index >= 15 is 0 Å². The van der Waals surface area contributed by atoms with E-state index < -0.39 is 114 Å². The molecule has 0 unspecified atom stereocenters. The smallest absolute Gasteiger partial charge is 0.243 e. The van der Waals surface area contributed by atoms with Gasteiger partial charge in [0.1, 0.15) is 36.3 Å². The molecule has 0 spiro atoms. The number of rotatable bonds is 28. The number of aromatic amines is 1. The van der Waals surface area contributed by atoms with Gasteiger partial charge in [0.25, 0.3) is 0 Å². The minimum Gasteiger partial charge on any atom is -0.370 e. The summed E-state index contributed by atoms with van der Waals surface area (Å²) >= 11 is 0. The van der Waals surface area contributed by atoms with Gasteiger partial charge in [0.2, 0.25) is 59.1 Å². The zero-order valence-electron chi connectivity index (χ0n) is 33.7. The highest BCUT2D eigenvalue weighted by Crippen LogP contribution is 2.08. The van der Waals surface area contributed by atoms with Crippen LogP contribution in [0.15, 0.2) is 17.5 Å². The van der Waals surface area contributed by atoms with Crippen LogP contribution >= 0.6 is 0 Å². The molecule has 0 bridgehead atoms. The fourth-order valence-electron chi connectivity index (χ4n) is 5.31. The Kier molecular flexibility index (Phi) is 21.7. The quantitative estimate of drug-likeness (QED) is 0.0212. The molecule has 7 atom stereocenters. The van der Waals surface area contributed by atoms with E-state index in [4.69, 9.17) is 40.1 Å². The molecule has 21 N–H and O–H groups in total. The molecule has 1 rings (SSSR count). The largest absolute Gasteiger partial charge is 0.370 e. The van der Waals surface area contributed by atoms with Crippen molar-refractivity contribution < 1.29 is 47.9 Å². The lowest BCUT2D eigenvalue weighted by molar-refractivity contribution is -0.136. The van der Waals surface area contributed by atoms with Gasteiger partial charge < -0.3 is 77.0 Å². The van der Waals surface area contributed by atoms with Gasteiger partial charge in [0, 0.05) is 37.7 Å². The highest BCUT2D eigenvalue weighted by molar-refractivity contribution is 5.97. The van der Waals surface area contributed by atoms with Crippen LogP contribution in [0.2, 0.25) is 0 Å². The lowest BCUT2D eigenvalue weighted by Gasteiger charge is -2.28. The van der Waals surface area contributed by atoms with Crippen LogP contribution in [0.1, 0.15) is 71.4 Å². The van der Waals surface area contributed by atoms with Crippen molar-refractivity contribution in [2.75, 3.05) is 6.54 Å². The Bertz CT molecular complexity index is 1720. The molecule has 60 heavy (non-hydrogen) atoms. The van der Waals surface area contributed by atoms with Crippen LogP contribution in [0.25, 0.3) is 0 Å². The van der Waals surface area contributed by atoms with Gasteiger partial charge in [-0.15, -0.1) is 0 Å². The summed E-state index contributed by atoms with van der Waals surface area (Å²) in [5.41, 5.74) is 37.8. The van der Waals surface area contributed by atoms with E-state index in [1.165, 1.54) is 19.4 Å². The van der Waals surface area contributed by atoms with Crippen molar-refractivity contribution >= 4 is 65.0 Å². The number of carbonyl (C=O) groups excluding carboxylic acids is 10. The number of amides is 10. The number of hydrogen-bond acceptors (Lipinski definition) is 13. The van der Waals surface area contributed by atoms with Crippen molar-refractivity contribution in [3.05, 3.63) is 18.2 Å². The molecule has 0 aromatic carbocycles. The molecule has 0 aliphatic rings. The van der Waals surface area contributed by atoms with Crippen LogP contribution in [-0.2, 0) is 54.4 Å². The van der Waals surface area contributed by atoms with Crippen LogP contribution in [0.5, 0.6) is 0 Å². The number of primary amides is 4. The first kappa shape index (κ1) is 51.2. The fourth-order valence-corrected chi connectivity index (χ4v) is 5.31. The molecule has 0 saturated carbocycles. The molecule has 26 heteroatoms. The van der Waals surface area contributed by atoms with Crippen molar-refractivity contribution in [2.45, 2.75) is 114 Å². The van der Waals surface area contributed by atoms with Gasteiger partial charge in [-0.25, -0.2) is 4.98 Å². The molecule has 0 fully saturated rings. The second-order valence-corrected chi connectivity index (χ2v) is 14.1. The normalized spacial score (nSPS) is 14.3. The summed E-state index contributed by atoms with van der Waals surface area (Å²) in [6.45, 7) is 4.48. The maximum Gasteiger partial charge on any atom is 0.243 e. The number of hydrogen-bond donors (Lipinski definition) is 14. The van der Waals surface area contributed by atoms with Gasteiger partial charge in [0.15, 0.2) is 5.96 Å². The summed E-state index contributed by atoms with van der Waals surface area (Å²) in [6.07, 6.45) is 0.937. The minimum atomic E-state index is -1.42. The predicted molar refractivity (Wildman–Crippen MR) is 212 cm³/mol. The Hall–Kier alpha value is -6.86. The zero-order chi connectivity index (χ0) is 45.7. The molecule has 10 amide bonds. The lowest BCUT2D eigenvalue weighted by atomic mass is 10.0.